The van der Waals surface area contributed by atoms with Gasteiger partial charge >= 0.3 is 5.97 Å². The Morgan fingerprint density at radius 3 is 2.87 bits per heavy atom. The van der Waals surface area contributed by atoms with Crippen molar-refractivity contribution in [3.05, 3.63) is 35.0 Å². The zero-order valence-corrected chi connectivity index (χ0v) is 13.9. The number of aromatic amines is 1. The van der Waals surface area contributed by atoms with Crippen LogP contribution in [0.2, 0.25) is 0 Å². The second kappa shape index (κ2) is 6.72. The zero-order valence-electron chi connectivity index (χ0n) is 13.9. The van der Waals surface area contributed by atoms with Crippen molar-refractivity contribution in [2.24, 2.45) is 0 Å². The summed E-state index contributed by atoms with van der Waals surface area (Å²) in [5.74, 6) is -0.128. The van der Waals surface area contributed by atoms with E-state index in [4.69, 9.17) is 9.47 Å². The van der Waals surface area contributed by atoms with Gasteiger partial charge in [0.15, 0.2) is 0 Å². The molecule has 0 aliphatic carbocycles. The Hall–Kier alpha value is -1.85. The third kappa shape index (κ3) is 2.86. The lowest BCUT2D eigenvalue weighted by Gasteiger charge is -2.29. The van der Waals surface area contributed by atoms with E-state index in [9.17, 15) is 4.79 Å². The maximum Gasteiger partial charge on any atom is 0.323 e. The number of H-pyrrole nitrogens is 1. The Labute approximate surface area is 136 Å². The van der Waals surface area contributed by atoms with Crippen molar-refractivity contribution in [1.82, 2.24) is 10.3 Å². The minimum Gasteiger partial charge on any atom is -0.465 e. The lowest BCUT2D eigenvalue weighted by molar-refractivity contribution is -0.146. The highest BCUT2D eigenvalue weighted by atomic mass is 16.5. The number of carbonyl (C=O) groups is 1. The standard InChI is InChI=1S/C18H24N2O3/c1-4-22-10-12-7-6-8-13-16(12)15-11(3)17(18(21)23-5-2)19-9-14(15)20-13/h6-8,11,17,19-20H,4-5,9-10H2,1-3H3. The van der Waals surface area contributed by atoms with Gasteiger partial charge in [-0.3, -0.25) is 10.1 Å². The number of hydrogen-bond acceptors (Lipinski definition) is 4. The first-order chi connectivity index (χ1) is 11.2. The lowest BCUT2D eigenvalue weighted by atomic mass is 9.86. The summed E-state index contributed by atoms with van der Waals surface area (Å²) in [5, 5.41) is 4.49. The molecule has 1 aromatic carbocycles. The number of esters is 1. The molecule has 3 rings (SSSR count). The van der Waals surface area contributed by atoms with Crippen LogP contribution in [0.15, 0.2) is 18.2 Å². The number of benzene rings is 1. The molecule has 2 atom stereocenters. The lowest BCUT2D eigenvalue weighted by Crippen LogP contribution is -2.45. The quantitative estimate of drug-likeness (QED) is 0.833. The molecule has 2 heterocycles. The van der Waals surface area contributed by atoms with E-state index in [0.717, 1.165) is 11.2 Å². The van der Waals surface area contributed by atoms with Gasteiger partial charge in [-0.05, 0) is 31.0 Å². The van der Waals surface area contributed by atoms with E-state index in [-0.39, 0.29) is 17.9 Å². The van der Waals surface area contributed by atoms with Crippen molar-refractivity contribution in [3.8, 4) is 0 Å². The van der Waals surface area contributed by atoms with Gasteiger partial charge in [-0.2, -0.15) is 0 Å². The summed E-state index contributed by atoms with van der Waals surface area (Å²) >= 11 is 0. The van der Waals surface area contributed by atoms with Crippen LogP contribution in [0.5, 0.6) is 0 Å². The SMILES string of the molecule is CCOCc1cccc2[nH]c3c(c12)C(C)C(C(=O)OCC)NC3. The summed E-state index contributed by atoms with van der Waals surface area (Å²) in [6.07, 6.45) is 0. The average Bonchev–Trinajstić information content (AvgIpc) is 2.93. The first-order valence-corrected chi connectivity index (χ1v) is 8.27. The van der Waals surface area contributed by atoms with E-state index in [1.807, 2.05) is 19.9 Å². The molecule has 5 nitrogen and oxygen atoms in total. The molecule has 23 heavy (non-hydrogen) atoms. The molecular weight excluding hydrogens is 292 g/mol. The number of aromatic nitrogens is 1. The van der Waals surface area contributed by atoms with Crippen molar-refractivity contribution in [1.29, 1.82) is 0 Å². The fraction of sp³-hybridized carbons (Fsp3) is 0.500. The van der Waals surface area contributed by atoms with Crippen LogP contribution in [0.4, 0.5) is 0 Å². The number of rotatable bonds is 5. The van der Waals surface area contributed by atoms with Gasteiger partial charge in [-0.1, -0.05) is 19.1 Å². The molecule has 2 aromatic rings. The molecule has 124 valence electrons. The molecule has 0 amide bonds. The molecule has 0 spiro atoms. The molecule has 1 aliphatic heterocycles. The fourth-order valence-corrected chi connectivity index (χ4v) is 3.45. The van der Waals surface area contributed by atoms with Crippen LogP contribution >= 0.6 is 0 Å². The topological polar surface area (TPSA) is 63.4 Å². The Balaban J connectivity index is 2.04. The minimum absolute atomic E-state index is 0.0503. The second-order valence-corrected chi connectivity index (χ2v) is 5.89. The van der Waals surface area contributed by atoms with Crippen LogP contribution in [0, 0.1) is 0 Å². The molecule has 0 saturated heterocycles. The summed E-state index contributed by atoms with van der Waals surface area (Å²) in [7, 11) is 0. The molecule has 5 heteroatoms. The van der Waals surface area contributed by atoms with Gasteiger partial charge in [0.25, 0.3) is 0 Å². The highest BCUT2D eigenvalue weighted by Crippen LogP contribution is 2.36. The van der Waals surface area contributed by atoms with Gasteiger partial charge in [-0.15, -0.1) is 0 Å². The van der Waals surface area contributed by atoms with Crippen molar-refractivity contribution < 1.29 is 14.3 Å². The molecule has 1 aromatic heterocycles. The van der Waals surface area contributed by atoms with E-state index in [2.05, 4.69) is 29.4 Å². The Bertz CT molecular complexity index is 708. The third-order valence-electron chi connectivity index (χ3n) is 4.49. The molecular formula is C18H24N2O3. The normalized spacial score (nSPS) is 20.5. The monoisotopic (exact) mass is 316 g/mol. The molecule has 1 aliphatic rings. The van der Waals surface area contributed by atoms with E-state index >= 15 is 0 Å². The summed E-state index contributed by atoms with van der Waals surface area (Å²) in [6.45, 7) is 8.23. The highest BCUT2D eigenvalue weighted by Gasteiger charge is 2.35. The van der Waals surface area contributed by atoms with Crippen molar-refractivity contribution in [2.45, 2.75) is 45.9 Å². The number of hydrogen-bond donors (Lipinski definition) is 2. The number of fused-ring (bicyclic) bond motifs is 3. The van der Waals surface area contributed by atoms with E-state index < -0.39 is 0 Å². The molecule has 2 unspecified atom stereocenters. The summed E-state index contributed by atoms with van der Waals surface area (Å²) in [4.78, 5) is 15.7. The van der Waals surface area contributed by atoms with Crippen molar-refractivity contribution in [3.63, 3.8) is 0 Å². The van der Waals surface area contributed by atoms with E-state index in [0.29, 0.717) is 26.4 Å². The highest BCUT2D eigenvalue weighted by molar-refractivity contribution is 5.90. The fourth-order valence-electron chi connectivity index (χ4n) is 3.45. The van der Waals surface area contributed by atoms with Gasteiger partial charge < -0.3 is 14.5 Å². The predicted molar refractivity (Wildman–Crippen MR) is 89.3 cm³/mol. The summed E-state index contributed by atoms with van der Waals surface area (Å²) in [5.41, 5.74) is 4.63. The van der Waals surface area contributed by atoms with Crippen LogP contribution < -0.4 is 5.32 Å². The molecule has 0 fully saturated rings. The average molecular weight is 316 g/mol. The first-order valence-electron chi connectivity index (χ1n) is 8.27. The zero-order chi connectivity index (χ0) is 16.4. The van der Waals surface area contributed by atoms with Crippen LogP contribution in [0.1, 0.15) is 43.5 Å². The van der Waals surface area contributed by atoms with Gasteiger partial charge in [0, 0.05) is 35.7 Å². The summed E-state index contributed by atoms with van der Waals surface area (Å²) in [6, 6.07) is 5.91. The van der Waals surface area contributed by atoms with Crippen LogP contribution in [-0.2, 0) is 27.4 Å². The van der Waals surface area contributed by atoms with Crippen LogP contribution in [-0.4, -0.2) is 30.2 Å². The van der Waals surface area contributed by atoms with Gasteiger partial charge in [0.1, 0.15) is 6.04 Å². The maximum atomic E-state index is 12.2. The van der Waals surface area contributed by atoms with Crippen molar-refractivity contribution >= 4 is 16.9 Å². The Morgan fingerprint density at radius 1 is 1.30 bits per heavy atom. The number of nitrogens with one attached hydrogen (secondary N) is 2. The molecule has 0 radical (unpaired) electrons. The molecule has 0 bridgehead atoms. The molecule has 2 N–H and O–H groups in total. The van der Waals surface area contributed by atoms with Gasteiger partial charge in [0.2, 0.25) is 0 Å². The van der Waals surface area contributed by atoms with Crippen LogP contribution in [0.25, 0.3) is 10.9 Å². The molecule has 0 saturated carbocycles. The Morgan fingerprint density at radius 2 is 2.13 bits per heavy atom. The first kappa shape index (κ1) is 16.0. The van der Waals surface area contributed by atoms with E-state index in [1.165, 1.54) is 16.5 Å². The predicted octanol–water partition coefficient (Wildman–Crippen LogP) is 2.84. The summed E-state index contributed by atoms with van der Waals surface area (Å²) < 4.78 is 10.8. The largest absolute Gasteiger partial charge is 0.465 e. The van der Waals surface area contributed by atoms with Crippen molar-refractivity contribution in [2.75, 3.05) is 13.2 Å². The minimum atomic E-state index is -0.304. The Kier molecular flexibility index (Phi) is 4.68. The van der Waals surface area contributed by atoms with Gasteiger partial charge in [-0.25, -0.2) is 0 Å². The van der Waals surface area contributed by atoms with Crippen LogP contribution in [0.3, 0.4) is 0 Å². The van der Waals surface area contributed by atoms with E-state index in [1.54, 1.807) is 0 Å². The maximum absolute atomic E-state index is 12.2. The number of carbonyl (C=O) groups excluding carboxylic acids is 1. The number of ether oxygens (including phenoxy) is 2. The second-order valence-electron chi connectivity index (χ2n) is 5.89. The smallest absolute Gasteiger partial charge is 0.323 e. The van der Waals surface area contributed by atoms with Gasteiger partial charge in [0.05, 0.1) is 13.2 Å². The third-order valence-corrected chi connectivity index (χ3v) is 4.49.